The van der Waals surface area contributed by atoms with Crippen LogP contribution in [-0.4, -0.2) is 26.6 Å². The molecule has 2 rings (SSSR count). The van der Waals surface area contributed by atoms with Crippen molar-refractivity contribution >= 4 is 23.0 Å². The van der Waals surface area contributed by atoms with Crippen molar-refractivity contribution in [1.82, 2.24) is 20.3 Å². The lowest BCUT2D eigenvalue weighted by molar-refractivity contribution is 0.853. The summed E-state index contributed by atoms with van der Waals surface area (Å²) in [6.07, 6.45) is 6.10. The van der Waals surface area contributed by atoms with E-state index in [0.29, 0.717) is 5.11 Å². The zero-order valence-electron chi connectivity index (χ0n) is 10.1. The van der Waals surface area contributed by atoms with Crippen molar-refractivity contribution in [1.29, 1.82) is 0 Å². The number of thiocarbonyl (C=S) groups is 1. The van der Waals surface area contributed by atoms with E-state index in [9.17, 15) is 0 Å². The van der Waals surface area contributed by atoms with Gasteiger partial charge in [0, 0.05) is 30.6 Å². The van der Waals surface area contributed by atoms with E-state index in [4.69, 9.17) is 12.2 Å². The molecule has 2 heterocycles. The monoisotopic (exact) mass is 261 g/mol. The Labute approximate surface area is 111 Å². The third-order valence-electron chi connectivity index (χ3n) is 2.40. The van der Waals surface area contributed by atoms with Gasteiger partial charge < -0.3 is 15.6 Å². The highest BCUT2D eigenvalue weighted by Crippen LogP contribution is 2.04. The molecule has 5 nitrogen and oxygen atoms in total. The third kappa shape index (κ3) is 3.81. The summed E-state index contributed by atoms with van der Waals surface area (Å²) in [6, 6.07) is 3.89. The number of nitrogens with zero attached hydrogens (tertiary/aromatic N) is 2. The third-order valence-corrected chi connectivity index (χ3v) is 2.65. The van der Waals surface area contributed by atoms with Gasteiger partial charge in [-0.05, 0) is 31.3 Å². The molecular formula is C12H15N5S. The molecule has 94 valence electrons. The van der Waals surface area contributed by atoms with Gasteiger partial charge in [0.15, 0.2) is 5.11 Å². The number of H-pyrrole nitrogens is 1. The quantitative estimate of drug-likeness (QED) is 0.730. The Balaban J connectivity index is 1.73. The summed E-state index contributed by atoms with van der Waals surface area (Å²) in [5, 5.41) is 6.81. The Hall–Kier alpha value is -1.95. The molecule has 0 aliphatic carbocycles. The first-order valence-electron chi connectivity index (χ1n) is 5.69. The van der Waals surface area contributed by atoms with Gasteiger partial charge in [-0.2, -0.15) is 0 Å². The first-order chi connectivity index (χ1) is 8.74. The van der Waals surface area contributed by atoms with Gasteiger partial charge in [0.2, 0.25) is 0 Å². The highest BCUT2D eigenvalue weighted by Gasteiger charge is 1.98. The molecule has 0 saturated carbocycles. The molecule has 0 amide bonds. The zero-order chi connectivity index (χ0) is 12.8. The van der Waals surface area contributed by atoms with E-state index < -0.39 is 0 Å². The molecule has 0 radical (unpaired) electrons. The summed E-state index contributed by atoms with van der Waals surface area (Å²) in [6.45, 7) is 2.71. The van der Waals surface area contributed by atoms with E-state index in [2.05, 4.69) is 25.6 Å². The molecule has 0 unspecified atom stereocenters. The molecule has 2 aromatic heterocycles. The summed E-state index contributed by atoms with van der Waals surface area (Å²) in [7, 11) is 0. The van der Waals surface area contributed by atoms with Gasteiger partial charge in [-0.15, -0.1) is 0 Å². The van der Waals surface area contributed by atoms with Gasteiger partial charge in [-0.3, -0.25) is 4.98 Å². The molecule has 2 aromatic rings. The summed E-state index contributed by atoms with van der Waals surface area (Å²) < 4.78 is 0. The van der Waals surface area contributed by atoms with E-state index in [1.54, 1.807) is 12.5 Å². The maximum Gasteiger partial charge on any atom is 0.170 e. The van der Waals surface area contributed by atoms with Crippen molar-refractivity contribution in [3.8, 4) is 0 Å². The van der Waals surface area contributed by atoms with Crippen molar-refractivity contribution in [2.45, 2.75) is 13.3 Å². The van der Waals surface area contributed by atoms with Crippen LogP contribution >= 0.6 is 12.2 Å². The highest BCUT2D eigenvalue weighted by atomic mass is 32.1. The summed E-state index contributed by atoms with van der Waals surface area (Å²) in [5.41, 5.74) is 2.96. The number of anilines is 1. The lowest BCUT2D eigenvalue weighted by Gasteiger charge is -2.09. The van der Waals surface area contributed by atoms with Gasteiger partial charge >= 0.3 is 0 Å². The summed E-state index contributed by atoms with van der Waals surface area (Å²) in [5.74, 6) is 0. The smallest absolute Gasteiger partial charge is 0.170 e. The van der Waals surface area contributed by atoms with E-state index in [1.807, 2.05) is 25.3 Å². The van der Waals surface area contributed by atoms with Crippen LogP contribution in [0, 0.1) is 6.92 Å². The fraction of sp³-hybridized carbons (Fsp3) is 0.250. The van der Waals surface area contributed by atoms with Crippen LogP contribution in [0.3, 0.4) is 0 Å². The maximum atomic E-state index is 5.19. The van der Waals surface area contributed by atoms with Crippen molar-refractivity contribution in [2.24, 2.45) is 0 Å². The predicted octanol–water partition coefficient (Wildman–Crippen LogP) is 1.64. The Morgan fingerprint density at radius 2 is 2.28 bits per heavy atom. The Bertz CT molecular complexity index is 492. The van der Waals surface area contributed by atoms with Gasteiger partial charge in [-0.1, -0.05) is 0 Å². The van der Waals surface area contributed by atoms with Crippen LogP contribution in [0.4, 0.5) is 5.69 Å². The second-order valence-corrected chi connectivity index (χ2v) is 4.30. The molecule has 0 saturated heterocycles. The Kier molecular flexibility index (Phi) is 4.25. The number of rotatable bonds is 4. The SMILES string of the molecule is Cc1ccc(NC(=S)NCCc2cnc[nH]2)cn1. The van der Waals surface area contributed by atoms with Gasteiger partial charge in [-0.25, -0.2) is 4.98 Å². The van der Waals surface area contributed by atoms with Crippen LogP contribution in [0.25, 0.3) is 0 Å². The van der Waals surface area contributed by atoms with Gasteiger partial charge in [0.25, 0.3) is 0 Å². The highest BCUT2D eigenvalue weighted by molar-refractivity contribution is 7.80. The molecule has 0 atom stereocenters. The Morgan fingerprint density at radius 1 is 1.39 bits per heavy atom. The average Bonchev–Trinajstić information content (AvgIpc) is 2.85. The lowest BCUT2D eigenvalue weighted by Crippen LogP contribution is -2.30. The number of aromatic nitrogens is 3. The van der Waals surface area contributed by atoms with Crippen LogP contribution in [0.15, 0.2) is 30.9 Å². The lowest BCUT2D eigenvalue weighted by atomic mass is 10.3. The first-order valence-corrected chi connectivity index (χ1v) is 6.09. The topological polar surface area (TPSA) is 65.6 Å². The Morgan fingerprint density at radius 3 is 2.94 bits per heavy atom. The van der Waals surface area contributed by atoms with Crippen molar-refractivity contribution < 1.29 is 0 Å². The fourth-order valence-corrected chi connectivity index (χ4v) is 1.67. The van der Waals surface area contributed by atoms with E-state index >= 15 is 0 Å². The average molecular weight is 261 g/mol. The summed E-state index contributed by atoms with van der Waals surface area (Å²) in [4.78, 5) is 11.2. The fourth-order valence-electron chi connectivity index (χ4n) is 1.45. The molecule has 0 spiro atoms. The number of aromatic amines is 1. The number of hydrogen-bond donors (Lipinski definition) is 3. The number of nitrogens with one attached hydrogen (secondary N) is 3. The van der Waals surface area contributed by atoms with E-state index in [-0.39, 0.29) is 0 Å². The van der Waals surface area contributed by atoms with Crippen LogP contribution in [0.2, 0.25) is 0 Å². The van der Waals surface area contributed by atoms with Crippen molar-refractivity contribution in [2.75, 3.05) is 11.9 Å². The van der Waals surface area contributed by atoms with Crippen LogP contribution in [0.5, 0.6) is 0 Å². The maximum absolute atomic E-state index is 5.19. The first kappa shape index (κ1) is 12.5. The normalized spacial score (nSPS) is 10.1. The van der Waals surface area contributed by atoms with E-state index in [0.717, 1.165) is 30.0 Å². The largest absolute Gasteiger partial charge is 0.362 e. The summed E-state index contributed by atoms with van der Waals surface area (Å²) >= 11 is 5.19. The molecular weight excluding hydrogens is 246 g/mol. The second kappa shape index (κ2) is 6.11. The molecule has 0 aliphatic rings. The standard InChI is InChI=1S/C12H15N5S/c1-9-2-3-11(7-15-9)17-12(18)14-5-4-10-6-13-8-16-10/h2-3,6-8H,4-5H2,1H3,(H,13,16)(H2,14,17,18). The number of hydrogen-bond acceptors (Lipinski definition) is 3. The molecule has 3 N–H and O–H groups in total. The molecule has 0 aromatic carbocycles. The number of pyridine rings is 1. The molecule has 0 aliphatic heterocycles. The zero-order valence-corrected chi connectivity index (χ0v) is 10.9. The van der Waals surface area contributed by atoms with Gasteiger partial charge in [0.1, 0.15) is 0 Å². The van der Waals surface area contributed by atoms with Gasteiger partial charge in [0.05, 0.1) is 18.2 Å². The molecule has 18 heavy (non-hydrogen) atoms. The second-order valence-electron chi connectivity index (χ2n) is 3.90. The predicted molar refractivity (Wildman–Crippen MR) is 75.5 cm³/mol. The molecule has 0 bridgehead atoms. The number of aryl methyl sites for hydroxylation is 1. The minimum Gasteiger partial charge on any atom is -0.362 e. The number of imidazole rings is 1. The molecule has 0 fully saturated rings. The van der Waals surface area contributed by atoms with Crippen molar-refractivity contribution in [3.05, 3.63) is 42.2 Å². The molecule has 6 heteroatoms. The van der Waals surface area contributed by atoms with Crippen LogP contribution in [0.1, 0.15) is 11.4 Å². The van der Waals surface area contributed by atoms with E-state index in [1.165, 1.54) is 0 Å². The van der Waals surface area contributed by atoms with Crippen LogP contribution < -0.4 is 10.6 Å². The van der Waals surface area contributed by atoms with Crippen LogP contribution in [-0.2, 0) is 6.42 Å². The minimum absolute atomic E-state index is 0.597. The minimum atomic E-state index is 0.597. The van der Waals surface area contributed by atoms with Crippen molar-refractivity contribution in [3.63, 3.8) is 0 Å².